The third-order valence-electron chi connectivity index (χ3n) is 6.54. The molecule has 0 saturated heterocycles. The highest BCUT2D eigenvalue weighted by atomic mass is 15.1. The summed E-state index contributed by atoms with van der Waals surface area (Å²) in [6.07, 6.45) is 2.06. The van der Waals surface area contributed by atoms with E-state index in [1.54, 1.807) is 0 Å². The van der Waals surface area contributed by atoms with E-state index in [0.717, 1.165) is 12.8 Å². The van der Waals surface area contributed by atoms with Gasteiger partial charge in [-0.2, -0.15) is 0 Å². The lowest BCUT2D eigenvalue weighted by atomic mass is 10.00. The highest BCUT2D eigenvalue weighted by molar-refractivity contribution is 5.76. The minimum absolute atomic E-state index is 1.03. The van der Waals surface area contributed by atoms with Gasteiger partial charge < -0.3 is 4.90 Å². The number of rotatable bonds is 7. The molecular formula is C34H31N. The third-order valence-corrected chi connectivity index (χ3v) is 6.54. The standard InChI is InChI=1S/C34H31N/c1-26-8-20-32(21-9-26)35(33-22-10-27(2)11-23-33)34-24-16-29(17-25-34)13-12-28-14-18-31(19-15-28)30-6-4-3-5-7-30/h3-11,14-25H,12-13H2,1-2H3. The van der Waals surface area contributed by atoms with Gasteiger partial charge in [-0.1, -0.05) is 102 Å². The molecule has 0 unspecified atom stereocenters. The van der Waals surface area contributed by atoms with Gasteiger partial charge in [-0.15, -0.1) is 0 Å². The van der Waals surface area contributed by atoms with Crippen LogP contribution in [0.15, 0.2) is 127 Å². The molecule has 0 aliphatic carbocycles. The molecule has 0 aromatic heterocycles. The molecule has 0 aliphatic rings. The normalized spacial score (nSPS) is 10.8. The molecule has 0 spiro atoms. The first-order valence-electron chi connectivity index (χ1n) is 12.3. The second-order valence-corrected chi connectivity index (χ2v) is 9.24. The first-order valence-corrected chi connectivity index (χ1v) is 12.3. The molecule has 5 aromatic rings. The number of aryl methyl sites for hydroxylation is 4. The largest absolute Gasteiger partial charge is 0.311 e. The van der Waals surface area contributed by atoms with Crippen molar-refractivity contribution in [1.82, 2.24) is 0 Å². The minimum atomic E-state index is 1.03. The van der Waals surface area contributed by atoms with Gasteiger partial charge in [-0.3, -0.25) is 0 Å². The Labute approximate surface area is 209 Å². The maximum Gasteiger partial charge on any atom is 0.0461 e. The fourth-order valence-corrected chi connectivity index (χ4v) is 4.43. The Morgan fingerprint density at radius 3 is 1.23 bits per heavy atom. The van der Waals surface area contributed by atoms with E-state index in [1.165, 1.54) is 50.4 Å². The molecule has 0 radical (unpaired) electrons. The first kappa shape index (κ1) is 22.7. The van der Waals surface area contributed by atoms with Crippen LogP contribution in [0.3, 0.4) is 0 Å². The molecule has 1 nitrogen and oxygen atoms in total. The van der Waals surface area contributed by atoms with E-state index in [-0.39, 0.29) is 0 Å². The van der Waals surface area contributed by atoms with E-state index in [1.807, 2.05) is 0 Å². The van der Waals surface area contributed by atoms with E-state index >= 15 is 0 Å². The van der Waals surface area contributed by atoms with E-state index in [2.05, 4.69) is 146 Å². The van der Waals surface area contributed by atoms with Crippen LogP contribution < -0.4 is 4.90 Å². The predicted octanol–water partition coefficient (Wildman–Crippen LogP) is 9.23. The lowest BCUT2D eigenvalue weighted by Gasteiger charge is -2.26. The first-order chi connectivity index (χ1) is 17.2. The fourth-order valence-electron chi connectivity index (χ4n) is 4.43. The fraction of sp³-hybridized carbons (Fsp3) is 0.118. The van der Waals surface area contributed by atoms with Crippen molar-refractivity contribution >= 4 is 17.1 Å². The van der Waals surface area contributed by atoms with Gasteiger partial charge in [-0.05, 0) is 85.3 Å². The Balaban J connectivity index is 1.31. The van der Waals surface area contributed by atoms with Crippen LogP contribution in [-0.2, 0) is 12.8 Å². The van der Waals surface area contributed by atoms with Crippen LogP contribution >= 0.6 is 0 Å². The Bertz CT molecular complexity index is 1300. The van der Waals surface area contributed by atoms with Crippen LogP contribution in [-0.4, -0.2) is 0 Å². The van der Waals surface area contributed by atoms with Crippen molar-refractivity contribution in [2.75, 3.05) is 4.90 Å². The smallest absolute Gasteiger partial charge is 0.0461 e. The van der Waals surface area contributed by atoms with E-state index in [4.69, 9.17) is 0 Å². The molecule has 0 amide bonds. The van der Waals surface area contributed by atoms with Gasteiger partial charge in [0.05, 0.1) is 0 Å². The SMILES string of the molecule is Cc1ccc(N(c2ccc(C)cc2)c2ccc(CCc3ccc(-c4ccccc4)cc3)cc2)cc1. The number of hydrogen-bond donors (Lipinski definition) is 0. The zero-order valence-corrected chi connectivity index (χ0v) is 20.5. The summed E-state index contributed by atoms with van der Waals surface area (Å²) in [5.41, 5.74) is 11.3. The van der Waals surface area contributed by atoms with Crippen molar-refractivity contribution < 1.29 is 0 Å². The molecule has 0 N–H and O–H groups in total. The van der Waals surface area contributed by atoms with Gasteiger partial charge >= 0.3 is 0 Å². The quantitative estimate of drug-likeness (QED) is 0.237. The third kappa shape index (κ3) is 5.53. The van der Waals surface area contributed by atoms with Crippen LogP contribution in [0.25, 0.3) is 11.1 Å². The molecule has 0 bridgehead atoms. The second-order valence-electron chi connectivity index (χ2n) is 9.24. The lowest BCUT2D eigenvalue weighted by Crippen LogP contribution is -2.10. The molecule has 1 heteroatoms. The molecule has 5 aromatic carbocycles. The Kier molecular flexibility index (Phi) is 6.77. The predicted molar refractivity (Wildman–Crippen MR) is 150 cm³/mol. The Morgan fingerprint density at radius 2 is 0.771 bits per heavy atom. The van der Waals surface area contributed by atoms with Gasteiger partial charge in [0.15, 0.2) is 0 Å². The molecule has 172 valence electrons. The maximum atomic E-state index is 2.32. The molecule has 35 heavy (non-hydrogen) atoms. The Morgan fingerprint density at radius 1 is 0.400 bits per heavy atom. The lowest BCUT2D eigenvalue weighted by molar-refractivity contribution is 0.960. The van der Waals surface area contributed by atoms with Crippen LogP contribution in [0, 0.1) is 13.8 Å². The molecule has 5 rings (SSSR count). The van der Waals surface area contributed by atoms with Gasteiger partial charge in [0.25, 0.3) is 0 Å². The second kappa shape index (κ2) is 10.4. The van der Waals surface area contributed by atoms with Crippen LogP contribution in [0.5, 0.6) is 0 Å². The summed E-state index contributed by atoms with van der Waals surface area (Å²) in [6.45, 7) is 4.26. The van der Waals surface area contributed by atoms with E-state index < -0.39 is 0 Å². The Hall–Kier alpha value is -4.10. The summed E-state index contributed by atoms with van der Waals surface area (Å²) in [5, 5.41) is 0. The van der Waals surface area contributed by atoms with Crippen LogP contribution in [0.4, 0.5) is 17.1 Å². The van der Waals surface area contributed by atoms with Crippen molar-refractivity contribution in [3.8, 4) is 11.1 Å². The summed E-state index contributed by atoms with van der Waals surface area (Å²) in [7, 11) is 0. The van der Waals surface area contributed by atoms with Crippen LogP contribution in [0.2, 0.25) is 0 Å². The monoisotopic (exact) mass is 453 g/mol. The topological polar surface area (TPSA) is 3.24 Å². The molecule has 0 aliphatic heterocycles. The number of nitrogens with zero attached hydrogens (tertiary/aromatic N) is 1. The van der Waals surface area contributed by atoms with Crippen molar-refractivity contribution in [1.29, 1.82) is 0 Å². The highest BCUT2D eigenvalue weighted by Crippen LogP contribution is 2.34. The zero-order valence-electron chi connectivity index (χ0n) is 20.5. The number of anilines is 3. The zero-order chi connectivity index (χ0) is 24.0. The molecule has 0 saturated carbocycles. The van der Waals surface area contributed by atoms with E-state index in [9.17, 15) is 0 Å². The van der Waals surface area contributed by atoms with E-state index in [0.29, 0.717) is 0 Å². The average Bonchev–Trinajstić information content (AvgIpc) is 2.91. The van der Waals surface area contributed by atoms with Crippen molar-refractivity contribution in [3.05, 3.63) is 150 Å². The summed E-state index contributed by atoms with van der Waals surface area (Å²) >= 11 is 0. The summed E-state index contributed by atoms with van der Waals surface area (Å²) in [6, 6.07) is 46.0. The van der Waals surface area contributed by atoms with Gasteiger partial charge in [0, 0.05) is 17.1 Å². The highest BCUT2D eigenvalue weighted by Gasteiger charge is 2.12. The average molecular weight is 454 g/mol. The summed E-state index contributed by atoms with van der Waals surface area (Å²) in [5.74, 6) is 0. The van der Waals surface area contributed by atoms with Crippen molar-refractivity contribution in [2.24, 2.45) is 0 Å². The summed E-state index contributed by atoms with van der Waals surface area (Å²) < 4.78 is 0. The van der Waals surface area contributed by atoms with Crippen molar-refractivity contribution in [2.45, 2.75) is 26.7 Å². The summed E-state index contributed by atoms with van der Waals surface area (Å²) in [4.78, 5) is 2.32. The molecule has 0 atom stereocenters. The van der Waals surface area contributed by atoms with Gasteiger partial charge in [-0.25, -0.2) is 0 Å². The molecule has 0 fully saturated rings. The maximum absolute atomic E-state index is 2.32. The van der Waals surface area contributed by atoms with Gasteiger partial charge in [0.1, 0.15) is 0 Å². The molecule has 0 heterocycles. The molecular weight excluding hydrogens is 422 g/mol. The number of hydrogen-bond acceptors (Lipinski definition) is 1. The van der Waals surface area contributed by atoms with Crippen molar-refractivity contribution in [3.63, 3.8) is 0 Å². The number of benzene rings is 5. The van der Waals surface area contributed by atoms with Gasteiger partial charge in [0.2, 0.25) is 0 Å². The minimum Gasteiger partial charge on any atom is -0.311 e. The van der Waals surface area contributed by atoms with Crippen LogP contribution in [0.1, 0.15) is 22.3 Å².